The van der Waals surface area contributed by atoms with Gasteiger partial charge in [-0.2, -0.15) is 0 Å². The van der Waals surface area contributed by atoms with Crippen molar-refractivity contribution in [1.82, 2.24) is 5.32 Å². The van der Waals surface area contributed by atoms with Crippen LogP contribution in [0, 0.1) is 11.7 Å². The Hall–Kier alpha value is -2.69. The monoisotopic (exact) mass is 394 g/mol. The van der Waals surface area contributed by atoms with E-state index in [-0.39, 0.29) is 29.6 Å². The molecule has 2 amide bonds. The fourth-order valence-electron chi connectivity index (χ4n) is 4.45. The first-order chi connectivity index (χ1) is 14.0. The molecular formula is C24H27FN2O2. The van der Waals surface area contributed by atoms with Gasteiger partial charge in [0.15, 0.2) is 0 Å². The van der Waals surface area contributed by atoms with Gasteiger partial charge in [-0.15, -0.1) is 0 Å². The molecule has 1 atom stereocenters. The van der Waals surface area contributed by atoms with Crippen molar-refractivity contribution >= 4 is 17.5 Å². The summed E-state index contributed by atoms with van der Waals surface area (Å²) >= 11 is 0. The molecule has 1 aliphatic heterocycles. The van der Waals surface area contributed by atoms with E-state index in [4.69, 9.17) is 0 Å². The highest BCUT2D eigenvalue weighted by molar-refractivity contribution is 5.97. The fourth-order valence-corrected chi connectivity index (χ4v) is 4.45. The van der Waals surface area contributed by atoms with Gasteiger partial charge >= 0.3 is 0 Å². The minimum Gasteiger partial charge on any atom is -0.346 e. The molecule has 1 aliphatic carbocycles. The van der Waals surface area contributed by atoms with Crippen molar-refractivity contribution in [3.8, 4) is 0 Å². The molecule has 2 aromatic carbocycles. The van der Waals surface area contributed by atoms with Crippen LogP contribution < -0.4 is 10.2 Å². The molecule has 1 heterocycles. The molecule has 152 valence electrons. The number of nitrogens with one attached hydrogen (secondary N) is 1. The van der Waals surface area contributed by atoms with Gasteiger partial charge in [0.25, 0.3) is 5.91 Å². The molecule has 1 fully saturated rings. The Morgan fingerprint density at radius 3 is 2.52 bits per heavy atom. The van der Waals surface area contributed by atoms with Gasteiger partial charge in [0.05, 0.1) is 6.04 Å². The Kier molecular flexibility index (Phi) is 5.65. The van der Waals surface area contributed by atoms with Crippen LogP contribution in [0.25, 0.3) is 0 Å². The van der Waals surface area contributed by atoms with E-state index < -0.39 is 0 Å². The first-order valence-corrected chi connectivity index (χ1v) is 10.5. The maximum Gasteiger partial charge on any atom is 0.251 e. The molecule has 0 saturated heterocycles. The molecule has 2 aliphatic rings. The van der Waals surface area contributed by atoms with Gasteiger partial charge in [0, 0.05) is 23.7 Å². The molecule has 0 spiro atoms. The van der Waals surface area contributed by atoms with Crippen LogP contribution in [0.1, 0.15) is 66.6 Å². The molecule has 0 radical (unpaired) electrons. The van der Waals surface area contributed by atoms with E-state index in [1.165, 1.54) is 30.7 Å². The Morgan fingerprint density at radius 1 is 1.07 bits per heavy atom. The van der Waals surface area contributed by atoms with Crippen molar-refractivity contribution in [2.75, 3.05) is 11.4 Å². The van der Waals surface area contributed by atoms with Crippen LogP contribution >= 0.6 is 0 Å². The van der Waals surface area contributed by atoms with Crippen LogP contribution in [0.3, 0.4) is 0 Å². The number of hydrogen-bond acceptors (Lipinski definition) is 2. The summed E-state index contributed by atoms with van der Waals surface area (Å²) in [6.07, 6.45) is 6.42. The maximum atomic E-state index is 13.1. The van der Waals surface area contributed by atoms with E-state index >= 15 is 0 Å². The van der Waals surface area contributed by atoms with Gasteiger partial charge in [0.1, 0.15) is 5.82 Å². The van der Waals surface area contributed by atoms with Gasteiger partial charge in [-0.1, -0.05) is 31.4 Å². The summed E-state index contributed by atoms with van der Waals surface area (Å²) in [6.45, 7) is 2.67. The zero-order chi connectivity index (χ0) is 20.4. The Balaban J connectivity index is 1.44. The van der Waals surface area contributed by atoms with Gasteiger partial charge < -0.3 is 10.2 Å². The van der Waals surface area contributed by atoms with Crippen LogP contribution in [0.15, 0.2) is 42.5 Å². The molecule has 4 nitrogen and oxygen atoms in total. The second kappa shape index (κ2) is 8.36. The normalized spacial score (nSPS) is 17.7. The SMILES string of the molecule is C[C@@H](NC(=O)c1ccc(F)cc1)c1ccc2c(c1)CCN2C(=O)C1CCCCC1. The summed E-state index contributed by atoms with van der Waals surface area (Å²) in [6, 6.07) is 11.4. The molecule has 2 aromatic rings. The smallest absolute Gasteiger partial charge is 0.251 e. The Morgan fingerprint density at radius 2 is 1.79 bits per heavy atom. The zero-order valence-corrected chi connectivity index (χ0v) is 16.8. The first-order valence-electron chi connectivity index (χ1n) is 10.5. The molecule has 5 heteroatoms. The van der Waals surface area contributed by atoms with Crippen LogP contribution in [0.4, 0.5) is 10.1 Å². The third-order valence-electron chi connectivity index (χ3n) is 6.17. The number of fused-ring (bicyclic) bond motifs is 1. The predicted octanol–water partition coefficient (Wildman–Crippen LogP) is 4.79. The third kappa shape index (κ3) is 4.19. The largest absolute Gasteiger partial charge is 0.346 e. The predicted molar refractivity (Wildman–Crippen MR) is 111 cm³/mol. The lowest BCUT2D eigenvalue weighted by Crippen LogP contribution is -2.35. The number of halogens is 1. The highest BCUT2D eigenvalue weighted by atomic mass is 19.1. The van der Waals surface area contributed by atoms with E-state index in [0.29, 0.717) is 5.56 Å². The van der Waals surface area contributed by atoms with Gasteiger partial charge in [-0.3, -0.25) is 9.59 Å². The fraction of sp³-hybridized carbons (Fsp3) is 0.417. The summed E-state index contributed by atoms with van der Waals surface area (Å²) in [5.41, 5.74) is 3.62. The topological polar surface area (TPSA) is 49.4 Å². The minimum atomic E-state index is -0.361. The molecular weight excluding hydrogens is 367 g/mol. The lowest BCUT2D eigenvalue weighted by molar-refractivity contribution is -0.123. The molecule has 1 N–H and O–H groups in total. The van der Waals surface area contributed by atoms with E-state index in [0.717, 1.165) is 55.5 Å². The second-order valence-corrected chi connectivity index (χ2v) is 8.17. The Labute approximate surface area is 171 Å². The summed E-state index contributed by atoms with van der Waals surface area (Å²) in [5.74, 6) is -0.148. The minimum absolute atomic E-state index is 0.170. The number of nitrogens with zero attached hydrogens (tertiary/aromatic N) is 1. The number of rotatable bonds is 4. The van der Waals surface area contributed by atoms with Crippen molar-refractivity contribution < 1.29 is 14.0 Å². The molecule has 0 unspecified atom stereocenters. The number of hydrogen-bond donors (Lipinski definition) is 1. The van der Waals surface area contributed by atoms with Gasteiger partial charge in [0.2, 0.25) is 5.91 Å². The van der Waals surface area contributed by atoms with E-state index in [2.05, 4.69) is 11.4 Å². The second-order valence-electron chi connectivity index (χ2n) is 8.17. The lowest BCUT2D eigenvalue weighted by Gasteiger charge is -2.26. The number of carbonyl (C=O) groups is 2. The quantitative estimate of drug-likeness (QED) is 0.811. The van der Waals surface area contributed by atoms with Crippen molar-refractivity contribution in [3.05, 3.63) is 65.0 Å². The average molecular weight is 394 g/mol. The van der Waals surface area contributed by atoms with Crippen LogP contribution in [-0.4, -0.2) is 18.4 Å². The molecule has 0 bridgehead atoms. The Bertz CT molecular complexity index is 904. The highest BCUT2D eigenvalue weighted by Crippen LogP contribution is 2.34. The van der Waals surface area contributed by atoms with Crippen molar-refractivity contribution in [1.29, 1.82) is 0 Å². The van der Waals surface area contributed by atoms with Crippen LogP contribution in [0.5, 0.6) is 0 Å². The summed E-state index contributed by atoms with van der Waals surface area (Å²) in [5, 5.41) is 2.97. The summed E-state index contributed by atoms with van der Waals surface area (Å²) < 4.78 is 13.1. The zero-order valence-electron chi connectivity index (χ0n) is 16.8. The van der Waals surface area contributed by atoms with Crippen molar-refractivity contribution in [2.24, 2.45) is 5.92 Å². The summed E-state index contributed by atoms with van der Waals surface area (Å²) in [7, 11) is 0. The van der Waals surface area contributed by atoms with E-state index in [9.17, 15) is 14.0 Å². The van der Waals surface area contributed by atoms with Crippen molar-refractivity contribution in [3.63, 3.8) is 0 Å². The summed E-state index contributed by atoms with van der Waals surface area (Å²) in [4.78, 5) is 27.3. The number of benzene rings is 2. The first kappa shape index (κ1) is 19.6. The van der Waals surface area contributed by atoms with Gasteiger partial charge in [-0.25, -0.2) is 4.39 Å². The molecule has 1 saturated carbocycles. The van der Waals surface area contributed by atoms with E-state index in [1.54, 1.807) is 0 Å². The van der Waals surface area contributed by atoms with Crippen LogP contribution in [0.2, 0.25) is 0 Å². The van der Waals surface area contributed by atoms with Crippen LogP contribution in [-0.2, 0) is 11.2 Å². The van der Waals surface area contributed by atoms with Crippen molar-refractivity contribution in [2.45, 2.75) is 51.5 Å². The highest BCUT2D eigenvalue weighted by Gasteiger charge is 2.31. The molecule has 4 rings (SSSR count). The standard InChI is InChI=1S/C24H27FN2O2/c1-16(26-23(28)17-7-10-21(25)11-8-17)19-9-12-22-20(15-19)13-14-27(22)24(29)18-5-3-2-4-6-18/h7-12,15-16,18H,2-6,13-14H2,1H3,(H,26,28)/t16-/m1/s1. The third-order valence-corrected chi connectivity index (χ3v) is 6.17. The number of amides is 2. The number of carbonyl (C=O) groups excluding carboxylic acids is 2. The number of anilines is 1. The van der Waals surface area contributed by atoms with E-state index in [1.807, 2.05) is 24.0 Å². The van der Waals surface area contributed by atoms with Gasteiger partial charge in [-0.05, 0) is 67.6 Å². The molecule has 29 heavy (non-hydrogen) atoms. The average Bonchev–Trinajstić information content (AvgIpc) is 3.17. The lowest BCUT2D eigenvalue weighted by atomic mass is 9.88. The molecule has 0 aromatic heterocycles. The maximum absolute atomic E-state index is 13.1.